The molecule has 0 atom stereocenters. The molecule has 0 spiro atoms. The van der Waals surface area contributed by atoms with E-state index in [4.69, 9.17) is 4.74 Å². The third kappa shape index (κ3) is 8.48. The number of nitrogens with one attached hydrogen (secondary N) is 2. The van der Waals surface area contributed by atoms with Crippen LogP contribution in [0.25, 0.3) is 0 Å². The summed E-state index contributed by atoms with van der Waals surface area (Å²) in [5.74, 6) is 0.297. The first-order valence-corrected chi connectivity index (χ1v) is 8.84. The number of alkyl halides is 2. The number of nitrogens with zero attached hydrogens (tertiary/aromatic N) is 1. The molecule has 5 nitrogen and oxygen atoms in total. The number of hydrogen-bond acceptors (Lipinski definition) is 3. The van der Waals surface area contributed by atoms with Gasteiger partial charge in [-0.3, -0.25) is 0 Å². The van der Waals surface area contributed by atoms with Crippen LogP contribution in [0.15, 0.2) is 47.5 Å². The van der Waals surface area contributed by atoms with Gasteiger partial charge in [-0.2, -0.15) is 8.78 Å². The number of hydrogen-bond donors (Lipinski definition) is 2. The lowest BCUT2D eigenvalue weighted by molar-refractivity contribution is -0.0504. The topological polar surface area (TPSA) is 54.9 Å². The molecule has 0 aromatic heterocycles. The van der Waals surface area contributed by atoms with Crippen molar-refractivity contribution in [3.05, 3.63) is 65.0 Å². The molecule has 0 saturated heterocycles. The van der Waals surface area contributed by atoms with Crippen LogP contribution in [0.1, 0.15) is 23.6 Å². The third-order valence-electron chi connectivity index (χ3n) is 3.81. The van der Waals surface area contributed by atoms with E-state index in [2.05, 4.69) is 20.4 Å². The Labute approximate surface area is 185 Å². The summed E-state index contributed by atoms with van der Waals surface area (Å²) in [4.78, 5) is 4.46. The van der Waals surface area contributed by atoms with Crippen LogP contribution in [0.2, 0.25) is 0 Å². The van der Waals surface area contributed by atoms with Gasteiger partial charge in [0.15, 0.2) is 5.96 Å². The van der Waals surface area contributed by atoms with Crippen molar-refractivity contribution in [3.63, 3.8) is 0 Å². The van der Waals surface area contributed by atoms with Gasteiger partial charge in [0.1, 0.15) is 11.6 Å². The van der Waals surface area contributed by atoms with E-state index in [1.165, 1.54) is 19.2 Å². The molecule has 2 aromatic carbocycles. The van der Waals surface area contributed by atoms with Crippen LogP contribution < -0.4 is 15.4 Å². The first-order chi connectivity index (χ1) is 13.5. The third-order valence-corrected chi connectivity index (χ3v) is 3.81. The summed E-state index contributed by atoms with van der Waals surface area (Å²) in [6.45, 7) is 0.416. The molecular weight excluding hydrogens is 498 g/mol. The van der Waals surface area contributed by atoms with Crippen LogP contribution in [0.3, 0.4) is 0 Å². The number of benzene rings is 2. The van der Waals surface area contributed by atoms with E-state index in [0.717, 1.165) is 5.56 Å². The Bertz CT molecular complexity index is 791. The van der Waals surface area contributed by atoms with Crippen LogP contribution in [-0.4, -0.2) is 26.2 Å². The Morgan fingerprint density at radius 2 is 1.86 bits per heavy atom. The summed E-state index contributed by atoms with van der Waals surface area (Å²) in [6, 6.07) is 11.3. The number of halogens is 4. The van der Waals surface area contributed by atoms with E-state index >= 15 is 0 Å². The SMILES string of the molecule is CCNC(=NCc1ccc(F)c(COC)c1)NCc1ccccc1OC(F)F.I. The van der Waals surface area contributed by atoms with E-state index in [0.29, 0.717) is 30.2 Å². The quantitative estimate of drug-likeness (QED) is 0.290. The molecule has 0 aliphatic heterocycles. The van der Waals surface area contributed by atoms with Gasteiger partial charge in [-0.05, 0) is 30.7 Å². The molecule has 2 rings (SSSR count). The predicted octanol–water partition coefficient (Wildman–Crippen LogP) is 4.45. The lowest BCUT2D eigenvalue weighted by atomic mass is 10.1. The lowest BCUT2D eigenvalue weighted by Crippen LogP contribution is -2.36. The van der Waals surface area contributed by atoms with Crippen molar-refractivity contribution in [2.24, 2.45) is 4.99 Å². The summed E-state index contributed by atoms with van der Waals surface area (Å²) in [5, 5.41) is 6.17. The number of ether oxygens (including phenoxy) is 2. The minimum atomic E-state index is -2.89. The summed E-state index contributed by atoms with van der Waals surface area (Å²) < 4.78 is 48.3. The highest BCUT2D eigenvalue weighted by Gasteiger charge is 2.09. The van der Waals surface area contributed by atoms with Crippen LogP contribution >= 0.6 is 24.0 Å². The Balaban J connectivity index is 0.00000420. The minimum Gasteiger partial charge on any atom is -0.434 e. The molecule has 0 radical (unpaired) electrons. The van der Waals surface area contributed by atoms with E-state index in [1.54, 1.807) is 30.3 Å². The Morgan fingerprint density at radius 3 is 2.55 bits per heavy atom. The molecule has 0 aliphatic carbocycles. The molecule has 9 heteroatoms. The summed E-state index contributed by atoms with van der Waals surface area (Å²) in [5.41, 5.74) is 1.87. The second kappa shape index (κ2) is 13.3. The molecule has 0 unspecified atom stereocenters. The second-order valence-electron chi connectivity index (χ2n) is 5.89. The fraction of sp³-hybridized carbons (Fsp3) is 0.350. The molecule has 29 heavy (non-hydrogen) atoms. The normalized spacial score (nSPS) is 11.2. The highest BCUT2D eigenvalue weighted by atomic mass is 127. The van der Waals surface area contributed by atoms with Gasteiger partial charge in [-0.25, -0.2) is 9.38 Å². The first kappa shape index (κ1) is 25.0. The summed E-state index contributed by atoms with van der Waals surface area (Å²) >= 11 is 0. The van der Waals surface area contributed by atoms with Crippen molar-refractivity contribution in [2.45, 2.75) is 33.2 Å². The molecule has 160 valence electrons. The monoisotopic (exact) mass is 523 g/mol. The zero-order valence-electron chi connectivity index (χ0n) is 16.3. The van der Waals surface area contributed by atoms with Crippen LogP contribution in [0.4, 0.5) is 13.2 Å². The van der Waals surface area contributed by atoms with Crippen molar-refractivity contribution in [2.75, 3.05) is 13.7 Å². The van der Waals surface area contributed by atoms with Crippen molar-refractivity contribution in [1.82, 2.24) is 10.6 Å². The average Bonchev–Trinajstić information content (AvgIpc) is 2.67. The fourth-order valence-corrected chi connectivity index (χ4v) is 2.54. The highest BCUT2D eigenvalue weighted by molar-refractivity contribution is 14.0. The van der Waals surface area contributed by atoms with E-state index in [1.807, 2.05) is 6.92 Å². The van der Waals surface area contributed by atoms with Crippen molar-refractivity contribution < 1.29 is 22.6 Å². The predicted molar refractivity (Wildman–Crippen MR) is 117 cm³/mol. The van der Waals surface area contributed by atoms with Gasteiger partial charge >= 0.3 is 6.61 Å². The van der Waals surface area contributed by atoms with Crippen molar-refractivity contribution in [1.29, 1.82) is 0 Å². The van der Waals surface area contributed by atoms with Crippen molar-refractivity contribution >= 4 is 29.9 Å². The maximum absolute atomic E-state index is 13.7. The number of guanidine groups is 1. The molecule has 0 amide bonds. The highest BCUT2D eigenvalue weighted by Crippen LogP contribution is 2.20. The van der Waals surface area contributed by atoms with Gasteiger partial charge < -0.3 is 20.1 Å². The zero-order chi connectivity index (χ0) is 20.4. The number of aliphatic imine (C=N–C) groups is 1. The Morgan fingerprint density at radius 1 is 1.10 bits per heavy atom. The van der Waals surface area contributed by atoms with Crippen LogP contribution in [-0.2, 0) is 24.4 Å². The number of para-hydroxylation sites is 1. The van der Waals surface area contributed by atoms with Crippen molar-refractivity contribution in [3.8, 4) is 5.75 Å². The van der Waals surface area contributed by atoms with Crippen LogP contribution in [0, 0.1) is 5.82 Å². The molecule has 0 aliphatic rings. The maximum Gasteiger partial charge on any atom is 0.387 e. The van der Waals surface area contributed by atoms with E-state index in [9.17, 15) is 13.2 Å². The average molecular weight is 523 g/mol. The standard InChI is InChI=1S/C20H24F3N3O2.HI/c1-3-24-20(25-11-14-8-9-17(21)16(10-14)13-27-2)26-12-15-6-4-5-7-18(15)28-19(22)23;/h4-10,19H,3,11-13H2,1-2H3,(H2,24,25,26);1H. The first-order valence-electron chi connectivity index (χ1n) is 8.84. The Hall–Kier alpha value is -2.01. The van der Waals surface area contributed by atoms with Gasteiger partial charge in [0.05, 0.1) is 13.2 Å². The molecule has 0 bridgehead atoms. The number of methoxy groups -OCH3 is 1. The number of rotatable bonds is 9. The molecule has 0 heterocycles. The smallest absolute Gasteiger partial charge is 0.387 e. The molecule has 2 aromatic rings. The summed E-state index contributed by atoms with van der Waals surface area (Å²) in [6.07, 6.45) is 0. The minimum absolute atomic E-state index is 0. The Kier molecular flexibility index (Phi) is 11.4. The second-order valence-corrected chi connectivity index (χ2v) is 5.89. The van der Waals surface area contributed by atoms with E-state index in [-0.39, 0.29) is 48.7 Å². The van der Waals surface area contributed by atoms with Gasteiger partial charge in [-0.1, -0.05) is 24.3 Å². The van der Waals surface area contributed by atoms with Gasteiger partial charge in [0.25, 0.3) is 0 Å². The van der Waals surface area contributed by atoms with Crippen LogP contribution in [0.5, 0.6) is 5.75 Å². The van der Waals surface area contributed by atoms with E-state index < -0.39 is 6.61 Å². The molecule has 0 saturated carbocycles. The molecule has 2 N–H and O–H groups in total. The summed E-state index contributed by atoms with van der Waals surface area (Å²) in [7, 11) is 1.51. The fourth-order valence-electron chi connectivity index (χ4n) is 2.54. The molecular formula is C20H25F3IN3O2. The largest absolute Gasteiger partial charge is 0.434 e. The van der Waals surface area contributed by atoms with Gasteiger partial charge in [0.2, 0.25) is 0 Å². The van der Waals surface area contributed by atoms with Gasteiger partial charge in [0, 0.05) is 31.3 Å². The van der Waals surface area contributed by atoms with Gasteiger partial charge in [-0.15, -0.1) is 24.0 Å². The maximum atomic E-state index is 13.7. The lowest BCUT2D eigenvalue weighted by Gasteiger charge is -2.14. The molecule has 0 fully saturated rings. The zero-order valence-corrected chi connectivity index (χ0v) is 18.6.